The quantitative estimate of drug-likeness (QED) is 0.811. The summed E-state index contributed by atoms with van der Waals surface area (Å²) in [5.74, 6) is 0.256. The molecule has 0 radical (unpaired) electrons. The number of aldehydes is 1. The molecule has 0 aliphatic rings. The lowest BCUT2D eigenvalue weighted by Gasteiger charge is -2.09. The molecule has 0 spiro atoms. The predicted molar refractivity (Wildman–Crippen MR) is 70.2 cm³/mol. The molecular formula is C15H9F3N2O2. The van der Waals surface area contributed by atoms with E-state index in [1.165, 1.54) is 12.1 Å². The second-order valence-electron chi connectivity index (χ2n) is 4.29. The summed E-state index contributed by atoms with van der Waals surface area (Å²) >= 11 is 0. The summed E-state index contributed by atoms with van der Waals surface area (Å²) in [6, 6.07) is 8.39. The van der Waals surface area contributed by atoms with Crippen LogP contribution in [0.2, 0.25) is 0 Å². The minimum atomic E-state index is -4.52. The van der Waals surface area contributed by atoms with E-state index in [1.807, 2.05) is 6.07 Å². The van der Waals surface area contributed by atoms with Crippen molar-refractivity contribution in [3.8, 4) is 17.6 Å². The van der Waals surface area contributed by atoms with Gasteiger partial charge in [0.1, 0.15) is 29.5 Å². The summed E-state index contributed by atoms with van der Waals surface area (Å²) in [6.07, 6.45) is -2.72. The van der Waals surface area contributed by atoms with Crippen LogP contribution >= 0.6 is 0 Å². The Kier molecular flexibility index (Phi) is 4.41. The van der Waals surface area contributed by atoms with Crippen LogP contribution in [-0.4, -0.2) is 11.3 Å². The van der Waals surface area contributed by atoms with E-state index in [2.05, 4.69) is 4.98 Å². The molecular weight excluding hydrogens is 297 g/mol. The molecule has 7 heteroatoms. The number of hydrogen-bond acceptors (Lipinski definition) is 4. The van der Waals surface area contributed by atoms with Gasteiger partial charge in [-0.05, 0) is 29.8 Å². The van der Waals surface area contributed by atoms with Gasteiger partial charge in [0.25, 0.3) is 0 Å². The molecule has 0 amide bonds. The zero-order valence-corrected chi connectivity index (χ0v) is 11.1. The average molecular weight is 306 g/mol. The monoisotopic (exact) mass is 306 g/mol. The zero-order chi connectivity index (χ0) is 16.2. The van der Waals surface area contributed by atoms with Crippen molar-refractivity contribution >= 4 is 6.29 Å². The molecule has 2 aromatic rings. The third-order valence-corrected chi connectivity index (χ3v) is 2.74. The number of aromatic nitrogens is 1. The fourth-order valence-corrected chi connectivity index (χ4v) is 1.71. The molecule has 0 fully saturated rings. The van der Waals surface area contributed by atoms with Crippen LogP contribution in [0.1, 0.15) is 16.8 Å². The van der Waals surface area contributed by atoms with E-state index in [0.29, 0.717) is 11.8 Å². The second kappa shape index (κ2) is 6.26. The van der Waals surface area contributed by atoms with E-state index < -0.39 is 11.9 Å². The molecule has 4 nitrogen and oxygen atoms in total. The number of ether oxygens (including phenoxy) is 1. The minimum Gasteiger partial charge on any atom is -0.454 e. The maximum absolute atomic E-state index is 12.4. The van der Waals surface area contributed by atoms with Gasteiger partial charge in [0.05, 0.1) is 11.8 Å². The lowest BCUT2D eigenvalue weighted by atomic mass is 10.1. The van der Waals surface area contributed by atoms with Crippen LogP contribution < -0.4 is 4.74 Å². The summed E-state index contributed by atoms with van der Waals surface area (Å²) in [5.41, 5.74) is -0.203. The van der Waals surface area contributed by atoms with Crippen LogP contribution in [0.25, 0.3) is 0 Å². The molecule has 0 aliphatic heterocycles. The molecule has 0 unspecified atom stereocenters. The molecule has 1 heterocycles. The molecule has 0 bridgehead atoms. The molecule has 22 heavy (non-hydrogen) atoms. The van der Waals surface area contributed by atoms with Crippen molar-refractivity contribution < 1.29 is 22.7 Å². The van der Waals surface area contributed by atoms with Gasteiger partial charge in [0.15, 0.2) is 0 Å². The molecule has 0 atom stereocenters. The Hall–Kier alpha value is -2.88. The Labute approximate surface area is 123 Å². The highest BCUT2D eigenvalue weighted by molar-refractivity contribution is 5.57. The lowest BCUT2D eigenvalue weighted by molar-refractivity contribution is -0.141. The number of carbonyl (C=O) groups excluding carboxylic acids is 1. The molecule has 0 saturated heterocycles. The van der Waals surface area contributed by atoms with E-state index in [9.17, 15) is 18.0 Å². The Morgan fingerprint density at radius 1 is 1.27 bits per heavy atom. The maximum Gasteiger partial charge on any atom is 0.433 e. The van der Waals surface area contributed by atoms with E-state index >= 15 is 0 Å². The molecule has 0 saturated carbocycles. The molecule has 1 aromatic heterocycles. The number of carbonyl (C=O) groups is 1. The van der Waals surface area contributed by atoms with Crippen LogP contribution in [0.15, 0.2) is 36.5 Å². The minimum absolute atomic E-state index is 0.0765. The first kappa shape index (κ1) is 15.5. The number of nitrogens with zero attached hydrogens (tertiary/aromatic N) is 2. The first-order chi connectivity index (χ1) is 10.4. The number of halogens is 3. The highest BCUT2D eigenvalue weighted by atomic mass is 19.4. The first-order valence-corrected chi connectivity index (χ1v) is 6.12. The van der Waals surface area contributed by atoms with Crippen molar-refractivity contribution in [3.63, 3.8) is 0 Å². The van der Waals surface area contributed by atoms with Crippen molar-refractivity contribution in [2.45, 2.75) is 12.6 Å². The zero-order valence-electron chi connectivity index (χ0n) is 11.1. The third-order valence-electron chi connectivity index (χ3n) is 2.74. The number of rotatable bonds is 4. The van der Waals surface area contributed by atoms with Crippen molar-refractivity contribution in [3.05, 3.63) is 53.3 Å². The predicted octanol–water partition coefficient (Wildman–Crippen LogP) is 3.51. The van der Waals surface area contributed by atoms with Crippen LogP contribution in [0.3, 0.4) is 0 Å². The van der Waals surface area contributed by atoms with Gasteiger partial charge in [-0.1, -0.05) is 6.07 Å². The number of alkyl halides is 3. The van der Waals surface area contributed by atoms with Crippen molar-refractivity contribution in [2.24, 2.45) is 0 Å². The third kappa shape index (κ3) is 3.61. The Morgan fingerprint density at radius 2 is 2.05 bits per heavy atom. The number of benzene rings is 1. The Bertz CT molecular complexity index is 719. The first-order valence-electron chi connectivity index (χ1n) is 6.12. The van der Waals surface area contributed by atoms with Gasteiger partial charge in [0, 0.05) is 6.42 Å². The molecule has 0 aliphatic carbocycles. The van der Waals surface area contributed by atoms with Gasteiger partial charge in [0.2, 0.25) is 0 Å². The smallest absolute Gasteiger partial charge is 0.433 e. The van der Waals surface area contributed by atoms with Crippen LogP contribution in [0.5, 0.6) is 11.5 Å². The topological polar surface area (TPSA) is 63.0 Å². The SMILES string of the molecule is N#Cc1cc(CC=O)ccc1Oc1ccc(C(F)(F)F)nc1. The number of pyridine rings is 1. The number of hydrogen-bond donors (Lipinski definition) is 0. The fraction of sp³-hybridized carbons (Fsp3) is 0.133. The molecule has 112 valence electrons. The molecule has 0 N–H and O–H groups in total. The van der Waals surface area contributed by atoms with Gasteiger partial charge < -0.3 is 9.53 Å². The lowest BCUT2D eigenvalue weighted by Crippen LogP contribution is -2.07. The van der Waals surface area contributed by atoms with Gasteiger partial charge in [-0.25, -0.2) is 4.98 Å². The Balaban J connectivity index is 2.24. The molecule has 1 aromatic carbocycles. The van der Waals surface area contributed by atoms with Crippen molar-refractivity contribution in [1.82, 2.24) is 4.98 Å². The number of nitriles is 1. The van der Waals surface area contributed by atoms with Gasteiger partial charge in [-0.15, -0.1) is 0 Å². The fourth-order valence-electron chi connectivity index (χ4n) is 1.71. The van der Waals surface area contributed by atoms with E-state index in [1.54, 1.807) is 6.07 Å². The van der Waals surface area contributed by atoms with E-state index in [-0.39, 0.29) is 23.5 Å². The van der Waals surface area contributed by atoms with Gasteiger partial charge >= 0.3 is 6.18 Å². The highest BCUT2D eigenvalue weighted by Crippen LogP contribution is 2.30. The van der Waals surface area contributed by atoms with E-state index in [0.717, 1.165) is 18.3 Å². The summed E-state index contributed by atoms with van der Waals surface area (Å²) < 4.78 is 42.6. The van der Waals surface area contributed by atoms with Crippen molar-refractivity contribution in [1.29, 1.82) is 5.26 Å². The van der Waals surface area contributed by atoms with Gasteiger partial charge in [-0.2, -0.15) is 18.4 Å². The van der Waals surface area contributed by atoms with Crippen LogP contribution in [0.4, 0.5) is 13.2 Å². The Morgan fingerprint density at radius 3 is 2.59 bits per heavy atom. The van der Waals surface area contributed by atoms with Crippen molar-refractivity contribution in [2.75, 3.05) is 0 Å². The summed E-state index contributed by atoms with van der Waals surface area (Å²) in [7, 11) is 0. The summed E-state index contributed by atoms with van der Waals surface area (Å²) in [6.45, 7) is 0. The second-order valence-corrected chi connectivity index (χ2v) is 4.29. The maximum atomic E-state index is 12.4. The van der Waals surface area contributed by atoms with Crippen LogP contribution in [-0.2, 0) is 17.4 Å². The highest BCUT2D eigenvalue weighted by Gasteiger charge is 2.32. The van der Waals surface area contributed by atoms with Gasteiger partial charge in [-0.3, -0.25) is 0 Å². The summed E-state index contributed by atoms with van der Waals surface area (Å²) in [5, 5.41) is 9.06. The van der Waals surface area contributed by atoms with E-state index in [4.69, 9.17) is 10.00 Å². The normalized spacial score (nSPS) is 10.8. The largest absolute Gasteiger partial charge is 0.454 e. The van der Waals surface area contributed by atoms with Crippen LogP contribution in [0, 0.1) is 11.3 Å². The summed E-state index contributed by atoms with van der Waals surface area (Å²) in [4.78, 5) is 13.7. The standard InChI is InChI=1S/C15H9F3N2O2/c16-15(17,18)14-4-2-12(9-20-14)22-13-3-1-10(5-6-21)7-11(13)8-19/h1-4,6-7,9H,5H2. The molecule has 2 rings (SSSR count). The average Bonchev–Trinajstić information content (AvgIpc) is 2.48.